The van der Waals surface area contributed by atoms with Crippen LogP contribution in [-0.2, 0) is 5.41 Å². The Morgan fingerprint density at radius 1 is 0.527 bits per heavy atom. The smallest absolute Gasteiger partial charge is 0.0920 e. The minimum atomic E-state index is -0.543. The van der Waals surface area contributed by atoms with Crippen molar-refractivity contribution in [1.29, 1.82) is 0 Å². The van der Waals surface area contributed by atoms with Crippen LogP contribution in [0.3, 0.4) is 0 Å². The Bertz CT molecular complexity index is 2760. The van der Waals surface area contributed by atoms with Crippen LogP contribution >= 0.6 is 0 Å². The molecular formula is C53H38N2. The van der Waals surface area contributed by atoms with Crippen molar-refractivity contribution in [3.05, 3.63) is 245 Å². The lowest BCUT2D eigenvalue weighted by molar-refractivity contribution is 0.683. The summed E-state index contributed by atoms with van der Waals surface area (Å²) in [5.74, 6) is 0. The van der Waals surface area contributed by atoms with Crippen molar-refractivity contribution in [2.24, 2.45) is 0 Å². The van der Waals surface area contributed by atoms with E-state index < -0.39 is 5.41 Å². The van der Waals surface area contributed by atoms with Gasteiger partial charge in [0.05, 0.1) is 11.5 Å². The van der Waals surface area contributed by atoms with Gasteiger partial charge in [-0.3, -0.25) is 0 Å². The third kappa shape index (κ3) is 4.88. The molecule has 4 aliphatic rings. The van der Waals surface area contributed by atoms with Gasteiger partial charge in [-0.2, -0.15) is 0 Å². The van der Waals surface area contributed by atoms with Gasteiger partial charge in [0.25, 0.3) is 0 Å². The van der Waals surface area contributed by atoms with E-state index in [-0.39, 0.29) is 6.04 Å². The SMILES string of the molecule is C1=CC2=C(NC1)C1NC(c3ccc(-c4ccc5c(c4)C(c4ccccc4)(c4ccccc4)c4c-5c(-c5ccccc5)cc5ccccc45)cc3)=CC=C1C=C2. The minimum absolute atomic E-state index is 0.129. The number of nitrogens with one attached hydrogen (secondary N) is 2. The molecule has 260 valence electrons. The molecule has 0 radical (unpaired) electrons. The first-order valence-electron chi connectivity index (χ1n) is 19.3. The number of allylic oxidation sites excluding steroid dienone is 5. The van der Waals surface area contributed by atoms with Crippen LogP contribution < -0.4 is 10.6 Å². The van der Waals surface area contributed by atoms with Crippen LogP contribution in [0.5, 0.6) is 0 Å². The summed E-state index contributed by atoms with van der Waals surface area (Å²) in [5.41, 5.74) is 18.3. The first-order valence-corrected chi connectivity index (χ1v) is 19.3. The normalized spacial score (nSPS) is 17.3. The molecule has 7 aromatic carbocycles. The van der Waals surface area contributed by atoms with E-state index in [1.165, 1.54) is 88.8 Å². The zero-order valence-electron chi connectivity index (χ0n) is 30.3. The largest absolute Gasteiger partial charge is 0.382 e. The minimum Gasteiger partial charge on any atom is -0.382 e. The Labute approximate surface area is 322 Å². The van der Waals surface area contributed by atoms with Crippen LogP contribution in [0.25, 0.3) is 49.9 Å². The summed E-state index contributed by atoms with van der Waals surface area (Å²) < 4.78 is 0. The van der Waals surface area contributed by atoms with Crippen LogP contribution in [0, 0.1) is 0 Å². The van der Waals surface area contributed by atoms with E-state index in [9.17, 15) is 0 Å². The molecule has 2 nitrogen and oxygen atoms in total. The summed E-state index contributed by atoms with van der Waals surface area (Å²) in [5, 5.41) is 9.99. The predicted octanol–water partition coefficient (Wildman–Crippen LogP) is 11.8. The van der Waals surface area contributed by atoms with E-state index in [4.69, 9.17) is 0 Å². The van der Waals surface area contributed by atoms with Crippen LogP contribution in [0.2, 0.25) is 0 Å². The lowest BCUT2D eigenvalue weighted by atomic mass is 9.66. The van der Waals surface area contributed by atoms with Crippen LogP contribution in [0.1, 0.15) is 27.8 Å². The van der Waals surface area contributed by atoms with Crippen LogP contribution in [-0.4, -0.2) is 12.6 Å². The van der Waals surface area contributed by atoms with Gasteiger partial charge in [-0.1, -0.05) is 182 Å². The number of benzene rings is 7. The Morgan fingerprint density at radius 3 is 1.96 bits per heavy atom. The molecule has 1 atom stereocenters. The van der Waals surface area contributed by atoms with E-state index in [0.717, 1.165) is 12.2 Å². The lowest BCUT2D eigenvalue weighted by Crippen LogP contribution is -2.41. The van der Waals surface area contributed by atoms with Gasteiger partial charge in [-0.25, -0.2) is 0 Å². The molecule has 2 aliphatic carbocycles. The quantitative estimate of drug-likeness (QED) is 0.187. The van der Waals surface area contributed by atoms with Crippen molar-refractivity contribution in [3.63, 3.8) is 0 Å². The van der Waals surface area contributed by atoms with Gasteiger partial charge < -0.3 is 10.6 Å². The zero-order chi connectivity index (χ0) is 36.3. The van der Waals surface area contributed by atoms with Crippen molar-refractivity contribution in [2.45, 2.75) is 11.5 Å². The molecule has 0 amide bonds. The molecule has 0 aromatic heterocycles. The Kier molecular flexibility index (Phi) is 7.25. The molecule has 55 heavy (non-hydrogen) atoms. The molecule has 2 aliphatic heterocycles. The van der Waals surface area contributed by atoms with Crippen molar-refractivity contribution < 1.29 is 0 Å². The highest BCUT2D eigenvalue weighted by molar-refractivity contribution is 6.07. The maximum atomic E-state index is 3.84. The zero-order valence-corrected chi connectivity index (χ0v) is 30.3. The van der Waals surface area contributed by atoms with E-state index in [2.05, 4.69) is 211 Å². The summed E-state index contributed by atoms with van der Waals surface area (Å²) in [6.45, 7) is 0.858. The highest BCUT2D eigenvalue weighted by atomic mass is 15.0. The van der Waals surface area contributed by atoms with E-state index >= 15 is 0 Å². The van der Waals surface area contributed by atoms with Gasteiger partial charge in [0.1, 0.15) is 0 Å². The first-order chi connectivity index (χ1) is 27.3. The number of rotatable bonds is 5. The molecule has 2 heteroatoms. The van der Waals surface area contributed by atoms with Crippen LogP contribution in [0.15, 0.2) is 217 Å². The maximum Gasteiger partial charge on any atom is 0.0920 e. The molecule has 1 unspecified atom stereocenters. The fourth-order valence-corrected chi connectivity index (χ4v) is 9.51. The topological polar surface area (TPSA) is 24.1 Å². The standard InChI is InChI=1S/C53H38N2/c1-4-13-36(14-5-1)46-33-41-15-10-11-21-44(41)50-49(46)45-30-28-40(34-47(45)53(50,42-17-6-2-7-18-42)43-19-8-3-9-20-43)35-22-24-37(25-23-35)48-31-29-39-27-26-38-16-12-32-54-51(38)52(39)55-48/h1-31,33-34,52,54-55H,32H2. The molecule has 7 aromatic rings. The van der Waals surface area contributed by atoms with Crippen molar-refractivity contribution in [1.82, 2.24) is 10.6 Å². The molecule has 2 heterocycles. The van der Waals surface area contributed by atoms with Gasteiger partial charge in [-0.15, -0.1) is 0 Å². The lowest BCUT2D eigenvalue weighted by Gasteiger charge is -2.35. The molecular weight excluding hydrogens is 665 g/mol. The Hall–Kier alpha value is -6.90. The van der Waals surface area contributed by atoms with Crippen molar-refractivity contribution in [2.75, 3.05) is 6.54 Å². The summed E-state index contributed by atoms with van der Waals surface area (Å²) in [6, 6.07) is 61.0. The molecule has 0 bridgehead atoms. The molecule has 0 saturated heterocycles. The average molecular weight is 703 g/mol. The number of fused-ring (bicyclic) bond motifs is 7. The monoisotopic (exact) mass is 702 g/mol. The van der Waals surface area contributed by atoms with E-state index in [1.807, 2.05) is 0 Å². The average Bonchev–Trinajstić information content (AvgIpc) is 3.58. The molecule has 0 saturated carbocycles. The van der Waals surface area contributed by atoms with Crippen molar-refractivity contribution in [3.8, 4) is 33.4 Å². The Morgan fingerprint density at radius 2 is 1.20 bits per heavy atom. The summed E-state index contributed by atoms with van der Waals surface area (Å²) in [7, 11) is 0. The third-order valence-corrected chi connectivity index (χ3v) is 12.0. The second kappa shape index (κ2) is 12.6. The molecule has 11 rings (SSSR count). The highest BCUT2D eigenvalue weighted by Crippen LogP contribution is 2.61. The Balaban J connectivity index is 1.10. The van der Waals surface area contributed by atoms with Gasteiger partial charge in [-0.05, 0) is 101 Å². The fourth-order valence-electron chi connectivity index (χ4n) is 9.51. The van der Waals surface area contributed by atoms with Crippen LogP contribution in [0.4, 0.5) is 0 Å². The van der Waals surface area contributed by atoms with E-state index in [1.54, 1.807) is 0 Å². The van der Waals surface area contributed by atoms with Gasteiger partial charge in [0.2, 0.25) is 0 Å². The van der Waals surface area contributed by atoms with E-state index in [0.29, 0.717) is 0 Å². The molecule has 2 N–H and O–H groups in total. The maximum absolute atomic E-state index is 3.84. The number of dihydropyridines is 2. The van der Waals surface area contributed by atoms with Gasteiger partial charge in [0.15, 0.2) is 0 Å². The van der Waals surface area contributed by atoms with Gasteiger partial charge >= 0.3 is 0 Å². The van der Waals surface area contributed by atoms with Crippen molar-refractivity contribution >= 4 is 16.5 Å². The summed E-state index contributed by atoms with van der Waals surface area (Å²) >= 11 is 0. The highest BCUT2D eigenvalue weighted by Gasteiger charge is 2.48. The first kappa shape index (κ1) is 31.6. The fraction of sp³-hybridized carbons (Fsp3) is 0.0566. The summed E-state index contributed by atoms with van der Waals surface area (Å²) in [6.07, 6.45) is 13.3. The molecule has 0 fully saturated rings. The number of hydrogen-bond donors (Lipinski definition) is 2. The molecule has 0 spiro atoms. The second-order valence-electron chi connectivity index (χ2n) is 14.9. The number of hydrogen-bond acceptors (Lipinski definition) is 2. The third-order valence-electron chi connectivity index (χ3n) is 12.0. The summed E-state index contributed by atoms with van der Waals surface area (Å²) in [4.78, 5) is 0. The second-order valence-corrected chi connectivity index (χ2v) is 14.9. The predicted molar refractivity (Wildman–Crippen MR) is 228 cm³/mol. The van der Waals surface area contributed by atoms with Gasteiger partial charge in [0, 0.05) is 17.9 Å².